The SMILES string of the molecule is CC[C@@H](C)NC(=O)[C@@H](Cc1ccccc1)N(Cc1ccc(Br)cc1)C(=O)CN(c1ccc(C(C)(C)C)cc1)S(C)(=O)=O. The molecule has 42 heavy (non-hydrogen) atoms. The third kappa shape index (κ3) is 9.42. The molecule has 0 spiro atoms. The van der Waals surface area contributed by atoms with Gasteiger partial charge in [0.2, 0.25) is 21.8 Å². The van der Waals surface area contributed by atoms with Crippen LogP contribution in [-0.2, 0) is 38.0 Å². The molecule has 2 amide bonds. The Bertz CT molecular complexity index is 1440. The van der Waals surface area contributed by atoms with E-state index in [0.717, 1.165) is 38.1 Å². The quantitative estimate of drug-likeness (QED) is 0.257. The van der Waals surface area contributed by atoms with Crippen molar-refractivity contribution in [3.8, 4) is 0 Å². The van der Waals surface area contributed by atoms with Crippen LogP contribution >= 0.6 is 15.9 Å². The minimum Gasteiger partial charge on any atom is -0.352 e. The summed E-state index contributed by atoms with van der Waals surface area (Å²) in [6.07, 6.45) is 2.11. The fourth-order valence-corrected chi connectivity index (χ4v) is 5.64. The Hall–Kier alpha value is -3.17. The summed E-state index contributed by atoms with van der Waals surface area (Å²) in [6, 6.07) is 23.3. The number of amides is 2. The molecule has 0 radical (unpaired) electrons. The van der Waals surface area contributed by atoms with Crippen LogP contribution in [0.2, 0.25) is 0 Å². The number of carbonyl (C=O) groups is 2. The lowest BCUT2D eigenvalue weighted by atomic mass is 9.87. The van der Waals surface area contributed by atoms with E-state index in [9.17, 15) is 18.0 Å². The molecule has 0 heterocycles. The number of benzene rings is 3. The number of halogens is 1. The van der Waals surface area contributed by atoms with Crippen molar-refractivity contribution >= 4 is 43.5 Å². The minimum atomic E-state index is -3.82. The van der Waals surface area contributed by atoms with Gasteiger partial charge in [-0.2, -0.15) is 0 Å². The summed E-state index contributed by atoms with van der Waals surface area (Å²) in [5, 5.41) is 3.04. The molecular formula is C33H42BrN3O4S. The summed E-state index contributed by atoms with van der Waals surface area (Å²) in [5.41, 5.74) is 3.05. The molecule has 3 aromatic rings. The molecule has 226 valence electrons. The maximum absolute atomic E-state index is 14.2. The van der Waals surface area contributed by atoms with Crippen molar-refractivity contribution in [3.05, 3.63) is 100 Å². The molecule has 0 aliphatic carbocycles. The van der Waals surface area contributed by atoms with Gasteiger partial charge < -0.3 is 10.2 Å². The maximum atomic E-state index is 14.2. The van der Waals surface area contributed by atoms with Crippen molar-refractivity contribution in [2.45, 2.75) is 71.5 Å². The van der Waals surface area contributed by atoms with Gasteiger partial charge in [0.25, 0.3) is 0 Å². The Kier molecular flexibility index (Phi) is 11.4. The first-order chi connectivity index (χ1) is 19.7. The molecule has 0 unspecified atom stereocenters. The van der Waals surface area contributed by atoms with E-state index in [0.29, 0.717) is 5.69 Å². The maximum Gasteiger partial charge on any atom is 0.244 e. The standard InChI is InChI=1S/C33H42BrN3O4S/c1-7-24(2)35-32(39)30(21-25-11-9-8-10-12-25)36(22-26-13-17-28(34)18-14-26)31(38)23-37(42(6,40)41)29-19-15-27(16-20-29)33(3,4)5/h8-20,24,30H,7,21-23H2,1-6H3,(H,35,39)/t24-,30-/m1/s1. The molecule has 0 saturated heterocycles. The Morgan fingerprint density at radius 2 is 1.50 bits per heavy atom. The average Bonchev–Trinajstić information content (AvgIpc) is 2.94. The number of carbonyl (C=O) groups excluding carboxylic acids is 2. The number of sulfonamides is 1. The van der Waals surface area contributed by atoms with Gasteiger partial charge in [0.15, 0.2) is 0 Å². The second kappa shape index (κ2) is 14.3. The average molecular weight is 657 g/mol. The van der Waals surface area contributed by atoms with Crippen LogP contribution in [0, 0.1) is 0 Å². The molecule has 3 rings (SSSR count). The molecule has 0 aliphatic heterocycles. The first kappa shape index (κ1) is 33.3. The van der Waals surface area contributed by atoms with Gasteiger partial charge in [-0.3, -0.25) is 13.9 Å². The monoisotopic (exact) mass is 655 g/mol. The number of nitrogens with one attached hydrogen (secondary N) is 1. The molecule has 9 heteroatoms. The first-order valence-corrected chi connectivity index (χ1v) is 16.8. The second-order valence-electron chi connectivity index (χ2n) is 11.7. The van der Waals surface area contributed by atoms with E-state index >= 15 is 0 Å². The summed E-state index contributed by atoms with van der Waals surface area (Å²) in [6.45, 7) is 9.84. The van der Waals surface area contributed by atoms with E-state index in [4.69, 9.17) is 0 Å². The van der Waals surface area contributed by atoms with Crippen LogP contribution < -0.4 is 9.62 Å². The Labute approximate surface area is 259 Å². The van der Waals surface area contributed by atoms with E-state index in [2.05, 4.69) is 42.0 Å². The van der Waals surface area contributed by atoms with Gasteiger partial charge in [0.1, 0.15) is 12.6 Å². The van der Waals surface area contributed by atoms with Crippen LogP contribution in [0.5, 0.6) is 0 Å². The third-order valence-electron chi connectivity index (χ3n) is 7.24. The summed E-state index contributed by atoms with van der Waals surface area (Å²) in [4.78, 5) is 29.4. The zero-order valence-electron chi connectivity index (χ0n) is 25.3. The van der Waals surface area contributed by atoms with Crippen molar-refractivity contribution in [2.75, 3.05) is 17.1 Å². The minimum absolute atomic E-state index is 0.0887. The summed E-state index contributed by atoms with van der Waals surface area (Å²) < 4.78 is 28.0. The molecule has 0 fully saturated rings. The highest BCUT2D eigenvalue weighted by atomic mass is 79.9. The van der Waals surface area contributed by atoms with Gasteiger partial charge in [-0.05, 0) is 59.7 Å². The number of hydrogen-bond donors (Lipinski definition) is 1. The Balaban J connectivity index is 2.05. The van der Waals surface area contributed by atoms with Gasteiger partial charge in [0.05, 0.1) is 11.9 Å². The van der Waals surface area contributed by atoms with Crippen molar-refractivity contribution < 1.29 is 18.0 Å². The smallest absolute Gasteiger partial charge is 0.244 e. The van der Waals surface area contributed by atoms with E-state index in [1.165, 1.54) is 4.90 Å². The third-order valence-corrected chi connectivity index (χ3v) is 8.91. The highest BCUT2D eigenvalue weighted by Crippen LogP contribution is 2.26. The topological polar surface area (TPSA) is 86.8 Å². The van der Waals surface area contributed by atoms with Crippen LogP contribution in [0.3, 0.4) is 0 Å². The molecular weight excluding hydrogens is 614 g/mol. The molecule has 3 aromatic carbocycles. The van der Waals surface area contributed by atoms with Gasteiger partial charge in [-0.1, -0.05) is 98.2 Å². The first-order valence-electron chi connectivity index (χ1n) is 14.2. The lowest BCUT2D eigenvalue weighted by Gasteiger charge is -2.34. The molecule has 1 N–H and O–H groups in total. The Morgan fingerprint density at radius 1 is 0.905 bits per heavy atom. The van der Waals surface area contributed by atoms with E-state index in [1.807, 2.05) is 80.6 Å². The highest BCUT2D eigenvalue weighted by molar-refractivity contribution is 9.10. The van der Waals surface area contributed by atoms with Crippen LogP contribution in [0.1, 0.15) is 57.7 Å². The largest absolute Gasteiger partial charge is 0.352 e. The van der Waals surface area contributed by atoms with Gasteiger partial charge in [-0.25, -0.2) is 8.42 Å². The fourth-order valence-electron chi connectivity index (χ4n) is 4.52. The molecule has 0 aromatic heterocycles. The Morgan fingerprint density at radius 3 is 2.02 bits per heavy atom. The number of anilines is 1. The molecule has 0 aliphatic rings. The van der Waals surface area contributed by atoms with Crippen molar-refractivity contribution in [1.82, 2.24) is 10.2 Å². The molecule has 0 bridgehead atoms. The molecule has 7 nitrogen and oxygen atoms in total. The number of rotatable bonds is 12. The van der Waals surface area contributed by atoms with Gasteiger partial charge >= 0.3 is 0 Å². The van der Waals surface area contributed by atoms with Crippen LogP contribution in [-0.4, -0.2) is 50.0 Å². The summed E-state index contributed by atoms with van der Waals surface area (Å²) in [7, 11) is -3.82. The van der Waals surface area contributed by atoms with Crippen molar-refractivity contribution in [2.24, 2.45) is 0 Å². The van der Waals surface area contributed by atoms with E-state index < -0.39 is 28.5 Å². The summed E-state index contributed by atoms with van der Waals surface area (Å²) in [5.74, 6) is -0.748. The van der Waals surface area contributed by atoms with Crippen molar-refractivity contribution in [3.63, 3.8) is 0 Å². The van der Waals surface area contributed by atoms with Gasteiger partial charge in [-0.15, -0.1) is 0 Å². The summed E-state index contributed by atoms with van der Waals surface area (Å²) >= 11 is 3.45. The van der Waals surface area contributed by atoms with Crippen LogP contribution in [0.25, 0.3) is 0 Å². The normalized spacial score (nSPS) is 13.2. The highest BCUT2D eigenvalue weighted by Gasteiger charge is 2.33. The lowest BCUT2D eigenvalue weighted by molar-refractivity contribution is -0.140. The van der Waals surface area contributed by atoms with Crippen LogP contribution in [0.4, 0.5) is 5.69 Å². The zero-order valence-corrected chi connectivity index (χ0v) is 27.7. The second-order valence-corrected chi connectivity index (χ2v) is 14.6. The predicted octanol–water partition coefficient (Wildman–Crippen LogP) is 6.07. The zero-order chi connectivity index (χ0) is 31.1. The van der Waals surface area contributed by atoms with E-state index in [-0.39, 0.29) is 30.3 Å². The number of nitrogens with zero attached hydrogens (tertiary/aromatic N) is 2. The number of hydrogen-bond acceptors (Lipinski definition) is 4. The molecule has 2 atom stereocenters. The van der Waals surface area contributed by atoms with Crippen LogP contribution in [0.15, 0.2) is 83.3 Å². The van der Waals surface area contributed by atoms with Crippen molar-refractivity contribution in [1.29, 1.82) is 0 Å². The van der Waals surface area contributed by atoms with Gasteiger partial charge in [0, 0.05) is 23.5 Å². The predicted molar refractivity (Wildman–Crippen MR) is 174 cm³/mol. The fraction of sp³-hybridized carbons (Fsp3) is 0.394. The van der Waals surface area contributed by atoms with E-state index in [1.54, 1.807) is 12.1 Å². The lowest BCUT2D eigenvalue weighted by Crippen LogP contribution is -2.54. The molecule has 0 saturated carbocycles.